The Labute approximate surface area is 637 Å². The van der Waals surface area contributed by atoms with Crippen molar-refractivity contribution in [1.29, 1.82) is 0 Å². The number of aliphatic hydroxyl groups is 6. The normalized spacial score (nSPS) is 23.5. The third-order valence-corrected chi connectivity index (χ3v) is 17.8. The fraction of sp³-hybridized carbons (Fsp3) is 0.682. The van der Waals surface area contributed by atoms with Gasteiger partial charge in [-0.25, -0.2) is 43.7 Å². The smallest absolute Gasteiger partial charge is 0.407 e. The van der Waals surface area contributed by atoms with Gasteiger partial charge in [-0.2, -0.15) is 0 Å². The number of carbonyl (C=O) groups is 12. The van der Waals surface area contributed by atoms with Crippen LogP contribution in [0, 0.1) is 17.8 Å². The Morgan fingerprint density at radius 1 is 0.387 bits per heavy atom. The maximum Gasteiger partial charge on any atom is 0.407 e. The lowest BCUT2D eigenvalue weighted by Gasteiger charge is -2.39. The van der Waals surface area contributed by atoms with Crippen molar-refractivity contribution in [3.8, 4) is 0 Å². The molecule has 1 fully saturated rings. The number of aliphatic imine (C=N–C) groups is 3. The van der Waals surface area contributed by atoms with Crippen LogP contribution in [-0.4, -0.2) is 286 Å². The maximum absolute atomic E-state index is 13.9. The van der Waals surface area contributed by atoms with Crippen LogP contribution >= 0.6 is 0 Å². The minimum Gasteiger partial charge on any atom is -0.477 e. The molecule has 4 rings (SSSR count). The highest BCUT2D eigenvalue weighted by atomic mass is 16.6. The number of nitrogens with one attached hydrogen (secondary N) is 9. The van der Waals surface area contributed by atoms with Crippen LogP contribution in [0.2, 0.25) is 0 Å². The maximum atomic E-state index is 13.9. The number of carboxylic acid groups (broad SMARTS) is 3. The van der Waals surface area contributed by atoms with Crippen LogP contribution in [0.4, 0.5) is 14.4 Å². The van der Waals surface area contributed by atoms with Crippen LogP contribution in [0.25, 0.3) is 0 Å². The third-order valence-electron chi connectivity index (χ3n) is 17.8. The number of carbonyl (C=O) groups excluding carboxylic acids is 9. The zero-order valence-electron chi connectivity index (χ0n) is 61.8. The molecule has 3 aliphatic heterocycles. The molecular weight excluding hydrogens is 1480 g/mol. The van der Waals surface area contributed by atoms with E-state index in [2.05, 4.69) is 62.8 Å². The molecule has 0 bridgehead atoms. The van der Waals surface area contributed by atoms with E-state index < -0.39 is 236 Å². The second-order valence-electron chi connectivity index (χ2n) is 26.6. The number of guanidine groups is 3. The van der Waals surface area contributed by atoms with E-state index in [1.54, 1.807) is 0 Å². The molecule has 1 saturated carbocycles. The summed E-state index contributed by atoms with van der Waals surface area (Å²) < 4.78 is 33.0. The van der Waals surface area contributed by atoms with Crippen molar-refractivity contribution < 1.29 is 132 Å². The predicted molar refractivity (Wildman–Crippen MR) is 386 cm³/mol. The first-order valence-corrected chi connectivity index (χ1v) is 36.1. The molecule has 1 aliphatic carbocycles. The van der Waals surface area contributed by atoms with Crippen molar-refractivity contribution in [3.63, 3.8) is 0 Å². The van der Waals surface area contributed by atoms with Gasteiger partial charge in [-0.05, 0) is 76.0 Å². The highest BCUT2D eigenvalue weighted by Crippen LogP contribution is 2.35. The van der Waals surface area contributed by atoms with Crippen LogP contribution in [0.3, 0.4) is 0 Å². The zero-order chi connectivity index (χ0) is 82.6. The molecule has 0 spiro atoms. The first kappa shape index (κ1) is 92.6. The number of nitrogens with zero attached hydrogens (tertiary/aromatic N) is 3. The number of nitrogens with two attached hydrogens (primary N) is 6. The Bertz CT molecular complexity index is 3010. The van der Waals surface area contributed by atoms with Crippen molar-refractivity contribution in [2.45, 2.75) is 208 Å². The number of rotatable bonds is 45. The van der Waals surface area contributed by atoms with E-state index in [1.165, 1.54) is 0 Å². The largest absolute Gasteiger partial charge is 0.477 e. The third kappa shape index (κ3) is 31.6. The predicted octanol–water partition coefficient (Wildman–Crippen LogP) is -7.07. The monoisotopic (exact) mass is 1580 g/mol. The van der Waals surface area contributed by atoms with Gasteiger partial charge < -0.3 is 157 Å². The zero-order valence-corrected chi connectivity index (χ0v) is 61.8. The van der Waals surface area contributed by atoms with Crippen molar-refractivity contribution >= 4 is 89.5 Å². The molecule has 45 nitrogen and oxygen atoms in total. The van der Waals surface area contributed by atoms with Gasteiger partial charge in [0.1, 0.15) is 18.3 Å². The molecule has 30 N–H and O–H groups in total. The van der Waals surface area contributed by atoms with Gasteiger partial charge >= 0.3 is 36.2 Å². The van der Waals surface area contributed by atoms with Crippen molar-refractivity contribution in [1.82, 2.24) is 47.9 Å². The standard InChI is InChI=1S/C66H108N18O27/c1-31(88)79-46-37(82-61(67)68)25-43(58(97)98)106-52(46)49(40(91)28-85)109-64(103)76-19-13-7-4-10-16-73-55(94)34-22-35(56(95)74-17-11-5-8-14-20-77-65(104)110-50(41(92)29-86)53-47(80-32(2)89)38(83-62(69)70)26-44(107-53)59(99)100)24-36(23-34)57(96)75-18-12-6-9-15-21-78-66(105)111-51(42(93)30-87)54-48(81-33(3)90)39(84-63(71)72)27-45(108-54)60(101)102/h25-27,34-42,46-54,85-87,91-93H,4-24,28-30H2,1-3H3,(H,73,94)(H,74,95)(H,75,96)(H,76,103)(H,77,104)(H,78,105)(H,79,88)(H,80,89)(H,81,90)(H,97,98)(H,99,100)(H,101,102)(H4,67,68,82)(H4,69,70,83)(H4,71,72,84)/t34?,35?,36?,37-,38-,39-,40+,41+,42+,46+,47+,48+,49+,50+,51+,52+,53+,54+/m0/s1. The molecule has 0 saturated heterocycles. The lowest BCUT2D eigenvalue weighted by atomic mass is 9.74. The van der Waals surface area contributed by atoms with Crippen molar-refractivity contribution in [2.24, 2.45) is 67.1 Å². The molecule has 0 aromatic heterocycles. The van der Waals surface area contributed by atoms with E-state index in [0.29, 0.717) is 77.0 Å². The number of hydrogen-bond acceptors (Lipinski definition) is 27. The van der Waals surface area contributed by atoms with Gasteiger partial charge in [0.05, 0.1) is 56.1 Å². The molecule has 45 heteroatoms. The summed E-state index contributed by atoms with van der Waals surface area (Å²) in [5, 5.41) is 115. The van der Waals surface area contributed by atoms with Gasteiger partial charge in [-0.15, -0.1) is 0 Å². The van der Waals surface area contributed by atoms with Crippen LogP contribution in [0.5, 0.6) is 0 Å². The molecule has 9 amide bonds. The van der Waals surface area contributed by atoms with E-state index >= 15 is 0 Å². The Morgan fingerprint density at radius 2 is 0.604 bits per heavy atom. The Kier molecular flexibility index (Phi) is 39.5. The number of ether oxygens (including phenoxy) is 6. The minimum absolute atomic E-state index is 0.0353. The van der Waals surface area contributed by atoms with Crippen LogP contribution in [-0.2, 0) is 71.6 Å². The van der Waals surface area contributed by atoms with Crippen molar-refractivity contribution in [3.05, 3.63) is 35.5 Å². The molecular formula is C66H108N18O27. The van der Waals surface area contributed by atoms with E-state index in [1.807, 2.05) is 0 Å². The van der Waals surface area contributed by atoms with E-state index in [-0.39, 0.29) is 58.5 Å². The first-order valence-electron chi connectivity index (χ1n) is 36.1. The topological polar surface area (TPSA) is 744 Å². The summed E-state index contributed by atoms with van der Waals surface area (Å²) in [6.07, 6.45) is -9.85. The molecule has 0 aromatic carbocycles. The molecule has 4 aliphatic rings. The summed E-state index contributed by atoms with van der Waals surface area (Å²) in [6.45, 7) is 1.16. The van der Waals surface area contributed by atoms with E-state index in [4.69, 9.17) is 62.8 Å². The number of aliphatic carboxylic acids is 3. The number of unbranched alkanes of at least 4 members (excludes halogenated alkanes) is 9. The number of amides is 9. The second-order valence-corrected chi connectivity index (χ2v) is 26.6. The fourth-order valence-corrected chi connectivity index (χ4v) is 12.7. The fourth-order valence-electron chi connectivity index (χ4n) is 12.7. The van der Waals surface area contributed by atoms with E-state index in [9.17, 15) is 103 Å². The number of hydrogen-bond donors (Lipinski definition) is 24. The molecule has 3 heterocycles. The van der Waals surface area contributed by atoms with E-state index in [0.717, 1.165) is 39.0 Å². The molecule has 0 radical (unpaired) electrons. The lowest BCUT2D eigenvalue weighted by Crippen LogP contribution is -2.61. The summed E-state index contributed by atoms with van der Waals surface area (Å²) in [5.41, 5.74) is 33.3. The number of alkyl carbamates (subject to hydrolysis) is 3. The Balaban J connectivity index is 1.32. The van der Waals surface area contributed by atoms with Gasteiger partial charge in [0.25, 0.3) is 0 Å². The summed E-state index contributed by atoms with van der Waals surface area (Å²) in [5.74, 6) is -13.7. The van der Waals surface area contributed by atoms with Crippen LogP contribution in [0.15, 0.2) is 50.5 Å². The second kappa shape index (κ2) is 47.3. The summed E-state index contributed by atoms with van der Waals surface area (Å²) >= 11 is 0. The Morgan fingerprint density at radius 3 is 0.793 bits per heavy atom. The van der Waals surface area contributed by atoms with Gasteiger partial charge in [-0.1, -0.05) is 38.5 Å². The SMILES string of the molecule is CC(=O)N[C@H]1[C@H]([C@H](OC(=O)NCCCCCCNC(=O)C2CC(C(=O)NCCCCCCNC(=O)O[C@@H]([C@@H]3OC(C(=O)O)=C[C@H](N=C(N)N)[C@H]3NC(C)=O)[C@H](O)CO)CC(C(=O)NCCCCCCNC(=O)O[C@@H]([C@@H]3OC(C(=O)O)=C[C@H](N=C(N)N)[C@H]3NC(C)=O)[C@H](O)CO)C2)[C@H](O)CO)OC(C(=O)O)=C[C@@H]1N=C(N)N. The molecule has 111 heavy (non-hydrogen) atoms. The van der Waals surface area contributed by atoms with Gasteiger partial charge in [-0.3, -0.25) is 28.8 Å². The van der Waals surface area contributed by atoms with Crippen molar-refractivity contribution in [2.75, 3.05) is 59.1 Å². The number of aliphatic hydroxyl groups excluding tert-OH is 6. The van der Waals surface area contributed by atoms with Gasteiger partial charge in [0.2, 0.25) is 52.7 Å². The quantitative estimate of drug-likeness (QED) is 0.0117. The Hall–Kier alpha value is -10.8. The summed E-state index contributed by atoms with van der Waals surface area (Å²) in [6, 6.07) is -7.68. The average Bonchev–Trinajstić information content (AvgIpc) is 0.794. The average molecular weight is 1590 g/mol. The van der Waals surface area contributed by atoms with Crippen LogP contribution in [0.1, 0.15) is 117 Å². The molecule has 0 unspecified atom stereocenters. The van der Waals surface area contributed by atoms with Gasteiger partial charge in [0, 0.05) is 77.8 Å². The summed E-state index contributed by atoms with van der Waals surface area (Å²) in [4.78, 5) is 165. The minimum atomic E-state index is -1.84. The first-order chi connectivity index (χ1) is 52.6. The molecule has 0 aromatic rings. The lowest BCUT2D eigenvalue weighted by molar-refractivity contribution is -0.147. The highest BCUT2D eigenvalue weighted by Gasteiger charge is 2.50. The van der Waals surface area contributed by atoms with Crippen LogP contribution < -0.4 is 82.3 Å². The summed E-state index contributed by atoms with van der Waals surface area (Å²) in [7, 11) is 0. The highest BCUT2D eigenvalue weighted by molar-refractivity contribution is 5.88. The molecule has 624 valence electrons. The molecule has 15 atom stereocenters. The number of carboxylic acids is 3. The van der Waals surface area contributed by atoms with Gasteiger partial charge in [0.15, 0.2) is 54.5 Å².